The molecule has 0 aliphatic rings. The predicted molar refractivity (Wildman–Crippen MR) is 74.7 cm³/mol. The van der Waals surface area contributed by atoms with Crippen LogP contribution < -0.4 is 5.73 Å². The lowest BCUT2D eigenvalue weighted by molar-refractivity contribution is -0.137. The van der Waals surface area contributed by atoms with E-state index >= 15 is 0 Å². The van der Waals surface area contributed by atoms with Gasteiger partial charge in [0.1, 0.15) is 5.71 Å². The van der Waals surface area contributed by atoms with Crippen LogP contribution in [-0.2, 0) is 6.18 Å². The summed E-state index contributed by atoms with van der Waals surface area (Å²) in [5, 5.41) is 11.7. The van der Waals surface area contributed by atoms with E-state index in [1.807, 2.05) is 0 Å². The molecule has 2 aromatic rings. The average Bonchev–Trinajstić information content (AvgIpc) is 2.41. The summed E-state index contributed by atoms with van der Waals surface area (Å²) in [5.41, 5.74) is 4.99. The highest BCUT2D eigenvalue weighted by molar-refractivity contribution is 6.32. The van der Waals surface area contributed by atoms with Gasteiger partial charge in [-0.15, -0.1) is 0 Å². The van der Waals surface area contributed by atoms with Crippen molar-refractivity contribution in [3.8, 4) is 0 Å². The Hall–Kier alpha value is -2.21. The lowest BCUT2D eigenvalue weighted by Gasteiger charge is -2.14. The number of benzene rings is 2. The van der Waals surface area contributed by atoms with E-state index in [1.165, 1.54) is 0 Å². The molecule has 21 heavy (non-hydrogen) atoms. The quantitative estimate of drug-likeness (QED) is 0.378. The topological polar surface area (TPSA) is 58.6 Å². The summed E-state index contributed by atoms with van der Waals surface area (Å²) in [6.45, 7) is 0. The van der Waals surface area contributed by atoms with Crippen LogP contribution in [0.25, 0.3) is 0 Å². The zero-order chi connectivity index (χ0) is 15.6. The van der Waals surface area contributed by atoms with E-state index in [0.717, 1.165) is 12.1 Å². The highest BCUT2D eigenvalue weighted by Gasteiger charge is 2.34. The van der Waals surface area contributed by atoms with Gasteiger partial charge in [-0.3, -0.25) is 0 Å². The standard InChI is InChI=1S/C14H10ClF3N2O/c15-11-7-12(19)9(6-10(11)14(16,17)18)13(20-21)8-4-2-1-3-5-8/h1-7,21H,19H2. The molecule has 0 aliphatic carbocycles. The summed E-state index contributed by atoms with van der Waals surface area (Å²) < 4.78 is 38.7. The predicted octanol–water partition coefficient (Wildman–Crippen LogP) is 4.17. The number of halogens is 4. The van der Waals surface area contributed by atoms with E-state index in [4.69, 9.17) is 22.5 Å². The van der Waals surface area contributed by atoms with Gasteiger partial charge in [0.2, 0.25) is 0 Å². The minimum atomic E-state index is -4.63. The van der Waals surface area contributed by atoms with Gasteiger partial charge in [-0.2, -0.15) is 13.2 Å². The Labute approximate surface area is 123 Å². The van der Waals surface area contributed by atoms with Crippen molar-refractivity contribution in [3.63, 3.8) is 0 Å². The van der Waals surface area contributed by atoms with Gasteiger partial charge in [0.05, 0.1) is 10.6 Å². The van der Waals surface area contributed by atoms with Gasteiger partial charge in [0.15, 0.2) is 0 Å². The van der Waals surface area contributed by atoms with Crippen LogP contribution in [-0.4, -0.2) is 10.9 Å². The van der Waals surface area contributed by atoms with E-state index < -0.39 is 16.8 Å². The molecule has 0 amide bonds. The third-order valence-corrected chi connectivity index (χ3v) is 3.16. The van der Waals surface area contributed by atoms with E-state index in [-0.39, 0.29) is 17.0 Å². The Morgan fingerprint density at radius 2 is 1.76 bits per heavy atom. The SMILES string of the molecule is Nc1cc(Cl)c(C(F)(F)F)cc1C(=NO)c1ccccc1. The zero-order valence-electron chi connectivity index (χ0n) is 10.5. The van der Waals surface area contributed by atoms with Crippen LogP contribution in [0.5, 0.6) is 0 Å². The van der Waals surface area contributed by atoms with Crippen molar-refractivity contribution in [2.24, 2.45) is 5.16 Å². The fraction of sp³-hybridized carbons (Fsp3) is 0.0714. The fourth-order valence-corrected chi connectivity index (χ4v) is 2.15. The highest BCUT2D eigenvalue weighted by atomic mass is 35.5. The van der Waals surface area contributed by atoms with Crippen LogP contribution in [0.15, 0.2) is 47.6 Å². The van der Waals surface area contributed by atoms with Gasteiger partial charge in [-0.25, -0.2) is 0 Å². The molecule has 0 saturated heterocycles. The first-order valence-corrected chi connectivity index (χ1v) is 6.16. The first-order valence-electron chi connectivity index (χ1n) is 5.78. The van der Waals surface area contributed by atoms with Crippen molar-refractivity contribution in [1.29, 1.82) is 0 Å². The smallest absolute Gasteiger partial charge is 0.410 e. The van der Waals surface area contributed by atoms with Crippen molar-refractivity contribution < 1.29 is 18.4 Å². The second kappa shape index (κ2) is 5.65. The normalized spacial score (nSPS) is 12.5. The van der Waals surface area contributed by atoms with Crippen LogP contribution in [0, 0.1) is 0 Å². The summed E-state index contributed by atoms with van der Waals surface area (Å²) in [6, 6.07) is 10.0. The van der Waals surface area contributed by atoms with Crippen LogP contribution in [0.4, 0.5) is 18.9 Å². The second-order valence-electron chi connectivity index (χ2n) is 4.23. The third kappa shape index (κ3) is 3.11. The lowest BCUT2D eigenvalue weighted by Crippen LogP contribution is -2.12. The van der Waals surface area contributed by atoms with Crippen molar-refractivity contribution in [3.05, 3.63) is 64.2 Å². The number of hydrogen-bond donors (Lipinski definition) is 2. The molecule has 0 radical (unpaired) electrons. The Morgan fingerprint density at radius 1 is 1.14 bits per heavy atom. The number of nitrogens with two attached hydrogens (primary N) is 1. The average molecular weight is 315 g/mol. The second-order valence-corrected chi connectivity index (χ2v) is 4.64. The summed E-state index contributed by atoms with van der Waals surface area (Å²) >= 11 is 5.58. The summed E-state index contributed by atoms with van der Waals surface area (Å²) in [6.07, 6.45) is -4.63. The summed E-state index contributed by atoms with van der Waals surface area (Å²) in [5.74, 6) is 0. The molecule has 0 bridgehead atoms. The van der Waals surface area contributed by atoms with E-state index in [2.05, 4.69) is 5.16 Å². The van der Waals surface area contributed by atoms with Crippen molar-refractivity contribution in [2.75, 3.05) is 5.73 Å². The molecule has 2 rings (SSSR count). The number of hydrogen-bond acceptors (Lipinski definition) is 3. The maximum Gasteiger partial charge on any atom is 0.417 e. The van der Waals surface area contributed by atoms with Crippen LogP contribution in [0.1, 0.15) is 16.7 Å². The van der Waals surface area contributed by atoms with E-state index in [9.17, 15) is 13.2 Å². The molecule has 0 saturated carbocycles. The van der Waals surface area contributed by atoms with Crippen LogP contribution in [0.3, 0.4) is 0 Å². The molecule has 0 fully saturated rings. The number of alkyl halides is 3. The van der Waals surface area contributed by atoms with Crippen molar-refractivity contribution >= 4 is 23.0 Å². The lowest BCUT2D eigenvalue weighted by atomic mass is 9.98. The first-order chi connectivity index (χ1) is 9.84. The molecular weight excluding hydrogens is 305 g/mol. The molecule has 3 nitrogen and oxygen atoms in total. The molecular formula is C14H10ClF3N2O. The number of nitrogen functional groups attached to an aromatic ring is 1. The van der Waals surface area contributed by atoms with Gasteiger partial charge >= 0.3 is 6.18 Å². The molecule has 7 heteroatoms. The molecule has 0 atom stereocenters. The van der Waals surface area contributed by atoms with E-state index in [0.29, 0.717) is 5.56 Å². The maximum atomic E-state index is 12.9. The summed E-state index contributed by atoms with van der Waals surface area (Å²) in [4.78, 5) is 0. The molecule has 0 aromatic heterocycles. The fourth-order valence-electron chi connectivity index (χ4n) is 1.87. The van der Waals surface area contributed by atoms with Gasteiger partial charge < -0.3 is 10.9 Å². The van der Waals surface area contributed by atoms with Crippen LogP contribution >= 0.6 is 11.6 Å². The van der Waals surface area contributed by atoms with Gasteiger partial charge in [-0.05, 0) is 12.1 Å². The monoisotopic (exact) mass is 314 g/mol. The minimum Gasteiger partial charge on any atom is -0.410 e. The number of anilines is 1. The number of rotatable bonds is 2. The molecule has 110 valence electrons. The summed E-state index contributed by atoms with van der Waals surface area (Å²) in [7, 11) is 0. The molecule has 0 aliphatic heterocycles. The first kappa shape index (κ1) is 15.2. The molecule has 3 N–H and O–H groups in total. The Morgan fingerprint density at radius 3 is 2.29 bits per heavy atom. The van der Waals surface area contributed by atoms with E-state index in [1.54, 1.807) is 30.3 Å². The Kier molecular flexibility index (Phi) is 4.09. The molecule has 0 spiro atoms. The van der Waals surface area contributed by atoms with Gasteiger partial charge in [0, 0.05) is 16.8 Å². The number of nitrogens with zero attached hydrogens (tertiary/aromatic N) is 1. The zero-order valence-corrected chi connectivity index (χ0v) is 11.3. The Balaban J connectivity index is 2.63. The van der Waals surface area contributed by atoms with Gasteiger partial charge in [0.25, 0.3) is 0 Å². The van der Waals surface area contributed by atoms with Crippen molar-refractivity contribution in [1.82, 2.24) is 0 Å². The largest absolute Gasteiger partial charge is 0.417 e. The number of oxime groups is 1. The minimum absolute atomic E-state index is 0.00958. The maximum absolute atomic E-state index is 12.9. The van der Waals surface area contributed by atoms with Crippen LogP contribution in [0.2, 0.25) is 5.02 Å². The van der Waals surface area contributed by atoms with Gasteiger partial charge in [-0.1, -0.05) is 47.1 Å². The Bertz CT molecular complexity index is 685. The highest BCUT2D eigenvalue weighted by Crippen LogP contribution is 2.37. The molecule has 0 unspecified atom stereocenters. The third-order valence-electron chi connectivity index (χ3n) is 2.85. The molecule has 2 aromatic carbocycles. The molecule has 0 heterocycles. The van der Waals surface area contributed by atoms with Crippen molar-refractivity contribution in [2.45, 2.75) is 6.18 Å².